The Morgan fingerprint density at radius 2 is 1.86 bits per heavy atom. The highest BCUT2D eigenvalue weighted by Crippen LogP contribution is 2.31. The molecule has 1 saturated carbocycles. The predicted molar refractivity (Wildman–Crippen MR) is 75.8 cm³/mol. The molecule has 1 fully saturated rings. The van der Waals surface area contributed by atoms with Crippen LogP contribution in [0.3, 0.4) is 0 Å². The molecule has 0 aliphatic heterocycles. The summed E-state index contributed by atoms with van der Waals surface area (Å²) in [6.45, 7) is 0. The number of methoxy groups -OCH3 is 2. The van der Waals surface area contributed by atoms with Crippen molar-refractivity contribution in [2.75, 3.05) is 14.2 Å². The Balaban J connectivity index is 2.29. The zero-order valence-electron chi connectivity index (χ0n) is 12.1. The van der Waals surface area contributed by atoms with Gasteiger partial charge in [0.05, 0.1) is 19.8 Å². The molecule has 1 amide bonds. The van der Waals surface area contributed by atoms with Crippen molar-refractivity contribution >= 4 is 11.9 Å². The second-order valence-electron chi connectivity index (χ2n) is 5.11. The minimum Gasteiger partial charge on any atom is -0.497 e. The number of aliphatic carboxylic acids is 1. The van der Waals surface area contributed by atoms with Gasteiger partial charge in [0.2, 0.25) is 0 Å². The molecule has 114 valence electrons. The molecule has 6 nitrogen and oxygen atoms in total. The maximum absolute atomic E-state index is 12.4. The molecule has 0 saturated heterocycles. The Bertz CT molecular complexity index is 549. The van der Waals surface area contributed by atoms with Gasteiger partial charge in [0.25, 0.3) is 5.91 Å². The van der Waals surface area contributed by atoms with Crippen molar-refractivity contribution in [3.8, 4) is 11.5 Å². The molecule has 21 heavy (non-hydrogen) atoms. The molecule has 0 bridgehead atoms. The lowest BCUT2D eigenvalue weighted by Crippen LogP contribution is -2.52. The molecule has 0 heterocycles. The normalized spacial score (nSPS) is 16.3. The number of ether oxygens (including phenoxy) is 2. The first-order valence-corrected chi connectivity index (χ1v) is 6.80. The van der Waals surface area contributed by atoms with Crippen LogP contribution in [0.2, 0.25) is 0 Å². The van der Waals surface area contributed by atoms with Gasteiger partial charge in [-0.3, -0.25) is 4.79 Å². The molecule has 1 aromatic rings. The van der Waals surface area contributed by atoms with Gasteiger partial charge in [-0.15, -0.1) is 0 Å². The first-order chi connectivity index (χ1) is 10.0. The lowest BCUT2D eigenvalue weighted by atomic mass is 9.97. The fourth-order valence-corrected chi connectivity index (χ4v) is 2.65. The molecule has 6 heteroatoms. The van der Waals surface area contributed by atoms with Crippen LogP contribution >= 0.6 is 0 Å². The van der Waals surface area contributed by atoms with Gasteiger partial charge in [0.15, 0.2) is 0 Å². The fraction of sp³-hybridized carbons (Fsp3) is 0.467. The van der Waals surface area contributed by atoms with Gasteiger partial charge >= 0.3 is 5.97 Å². The van der Waals surface area contributed by atoms with Crippen LogP contribution < -0.4 is 14.8 Å². The van der Waals surface area contributed by atoms with Crippen molar-refractivity contribution < 1.29 is 24.2 Å². The summed E-state index contributed by atoms with van der Waals surface area (Å²) in [6, 6.07) is 4.84. The van der Waals surface area contributed by atoms with E-state index in [0.29, 0.717) is 24.3 Å². The lowest BCUT2D eigenvalue weighted by molar-refractivity contribution is -0.144. The quantitative estimate of drug-likeness (QED) is 0.865. The standard InChI is InChI=1S/C15H19NO5/c1-20-10-5-6-12(21-2)11(9-10)13(17)16-15(14(18)19)7-3-4-8-15/h5-6,9H,3-4,7-8H2,1-2H3,(H,16,17)(H,18,19). The smallest absolute Gasteiger partial charge is 0.329 e. The predicted octanol–water partition coefficient (Wildman–Crippen LogP) is 1.83. The summed E-state index contributed by atoms with van der Waals surface area (Å²) in [5.41, 5.74) is -0.907. The molecule has 0 radical (unpaired) electrons. The lowest BCUT2D eigenvalue weighted by Gasteiger charge is -2.25. The van der Waals surface area contributed by atoms with Gasteiger partial charge in [-0.05, 0) is 31.0 Å². The maximum atomic E-state index is 12.4. The van der Waals surface area contributed by atoms with E-state index >= 15 is 0 Å². The van der Waals surface area contributed by atoms with Crippen molar-refractivity contribution in [3.63, 3.8) is 0 Å². The number of carboxylic acid groups (broad SMARTS) is 1. The molecule has 1 aliphatic rings. The average molecular weight is 293 g/mol. The Morgan fingerprint density at radius 3 is 2.38 bits per heavy atom. The third-order valence-corrected chi connectivity index (χ3v) is 3.87. The molecule has 2 N–H and O–H groups in total. The molecule has 0 spiro atoms. The molecule has 0 aromatic heterocycles. The van der Waals surface area contributed by atoms with E-state index in [1.165, 1.54) is 14.2 Å². The number of carbonyl (C=O) groups is 2. The number of nitrogens with one attached hydrogen (secondary N) is 1. The third kappa shape index (κ3) is 2.94. The van der Waals surface area contributed by atoms with E-state index in [2.05, 4.69) is 5.32 Å². The number of hydrogen-bond acceptors (Lipinski definition) is 4. The highest BCUT2D eigenvalue weighted by atomic mass is 16.5. The van der Waals surface area contributed by atoms with Crippen molar-refractivity contribution in [1.29, 1.82) is 0 Å². The van der Waals surface area contributed by atoms with E-state index in [0.717, 1.165) is 12.8 Å². The number of amides is 1. The van der Waals surface area contributed by atoms with E-state index in [4.69, 9.17) is 9.47 Å². The summed E-state index contributed by atoms with van der Waals surface area (Å²) >= 11 is 0. The largest absolute Gasteiger partial charge is 0.497 e. The highest BCUT2D eigenvalue weighted by Gasteiger charge is 2.43. The minimum atomic E-state index is -1.18. The number of carbonyl (C=O) groups excluding carboxylic acids is 1. The van der Waals surface area contributed by atoms with E-state index in [9.17, 15) is 14.7 Å². The van der Waals surface area contributed by atoms with Crippen LogP contribution in [-0.4, -0.2) is 36.7 Å². The van der Waals surface area contributed by atoms with Crippen LogP contribution in [0.4, 0.5) is 0 Å². The van der Waals surface area contributed by atoms with Crippen LogP contribution in [0, 0.1) is 0 Å². The summed E-state index contributed by atoms with van der Waals surface area (Å²) in [5, 5.41) is 12.1. The number of rotatable bonds is 5. The average Bonchev–Trinajstić information content (AvgIpc) is 2.96. The Labute approximate surface area is 123 Å². The molecular weight excluding hydrogens is 274 g/mol. The molecule has 0 unspecified atom stereocenters. The van der Waals surface area contributed by atoms with E-state index in [-0.39, 0.29) is 5.56 Å². The van der Waals surface area contributed by atoms with Crippen LogP contribution in [0.25, 0.3) is 0 Å². The van der Waals surface area contributed by atoms with Crippen molar-refractivity contribution in [3.05, 3.63) is 23.8 Å². The summed E-state index contributed by atoms with van der Waals surface area (Å²) in [7, 11) is 2.96. The first kappa shape index (κ1) is 15.2. The van der Waals surface area contributed by atoms with Crippen molar-refractivity contribution in [1.82, 2.24) is 5.32 Å². The van der Waals surface area contributed by atoms with Gasteiger partial charge in [-0.25, -0.2) is 4.79 Å². The Kier molecular flexibility index (Phi) is 4.35. The molecule has 1 aromatic carbocycles. The van der Waals surface area contributed by atoms with E-state index in [1.807, 2.05) is 0 Å². The summed E-state index contributed by atoms with van der Waals surface area (Å²) in [6.07, 6.45) is 2.48. The van der Waals surface area contributed by atoms with Gasteiger partial charge in [0, 0.05) is 0 Å². The van der Waals surface area contributed by atoms with Gasteiger partial charge in [-0.1, -0.05) is 12.8 Å². The summed E-state index contributed by atoms with van der Waals surface area (Å²) in [4.78, 5) is 23.9. The van der Waals surface area contributed by atoms with E-state index in [1.54, 1.807) is 18.2 Å². The molecule has 2 rings (SSSR count). The maximum Gasteiger partial charge on any atom is 0.329 e. The topological polar surface area (TPSA) is 84.9 Å². The zero-order valence-corrected chi connectivity index (χ0v) is 12.1. The van der Waals surface area contributed by atoms with Crippen LogP contribution in [-0.2, 0) is 4.79 Å². The Hall–Kier alpha value is -2.24. The van der Waals surface area contributed by atoms with E-state index < -0.39 is 17.4 Å². The zero-order chi connectivity index (χ0) is 15.5. The highest BCUT2D eigenvalue weighted by molar-refractivity contribution is 6.00. The minimum absolute atomic E-state index is 0.268. The molecule has 0 atom stereocenters. The molecular formula is C15H19NO5. The van der Waals surface area contributed by atoms with Crippen LogP contribution in [0.1, 0.15) is 36.0 Å². The Morgan fingerprint density at radius 1 is 1.19 bits per heavy atom. The van der Waals surface area contributed by atoms with Gasteiger partial charge < -0.3 is 19.9 Å². The second-order valence-corrected chi connectivity index (χ2v) is 5.11. The monoisotopic (exact) mass is 293 g/mol. The number of benzene rings is 1. The number of hydrogen-bond donors (Lipinski definition) is 2. The fourth-order valence-electron chi connectivity index (χ4n) is 2.65. The van der Waals surface area contributed by atoms with Crippen molar-refractivity contribution in [2.24, 2.45) is 0 Å². The summed E-state index contributed by atoms with van der Waals surface area (Å²) in [5.74, 6) is -0.561. The summed E-state index contributed by atoms with van der Waals surface area (Å²) < 4.78 is 10.3. The number of carboxylic acids is 1. The van der Waals surface area contributed by atoms with Gasteiger partial charge in [0.1, 0.15) is 17.0 Å². The van der Waals surface area contributed by atoms with Gasteiger partial charge in [-0.2, -0.15) is 0 Å². The van der Waals surface area contributed by atoms with Crippen LogP contribution in [0.15, 0.2) is 18.2 Å². The second kappa shape index (κ2) is 6.03. The third-order valence-electron chi connectivity index (χ3n) is 3.87. The van der Waals surface area contributed by atoms with Crippen LogP contribution in [0.5, 0.6) is 11.5 Å². The first-order valence-electron chi connectivity index (χ1n) is 6.80. The SMILES string of the molecule is COc1ccc(OC)c(C(=O)NC2(C(=O)O)CCCC2)c1. The molecule has 1 aliphatic carbocycles. The van der Waals surface area contributed by atoms with Crippen molar-refractivity contribution in [2.45, 2.75) is 31.2 Å².